The van der Waals surface area contributed by atoms with Crippen molar-refractivity contribution in [2.75, 3.05) is 0 Å². The van der Waals surface area contributed by atoms with Crippen molar-refractivity contribution in [2.45, 2.75) is 0 Å². The Morgan fingerprint density at radius 2 is 0.765 bits per heavy atom. The lowest BCUT2D eigenvalue weighted by Crippen LogP contribution is -2.32. The molecule has 0 amide bonds. The van der Waals surface area contributed by atoms with Gasteiger partial charge in [0.25, 0.3) is 0 Å². The molecule has 0 saturated heterocycles. The highest BCUT2D eigenvalue weighted by molar-refractivity contribution is 7.85. The Hall–Kier alpha value is -3.02. The third kappa shape index (κ3) is 4.77. The molecule has 5 rings (SSSR count). The number of nitrogens with zero attached hydrogens (tertiary/aromatic N) is 1. The molecule has 34 heavy (non-hydrogen) atoms. The fraction of sp³-hybridized carbons (Fsp3) is 0. The molecule has 0 bridgehead atoms. The Morgan fingerprint density at radius 1 is 0.500 bits per heavy atom. The van der Waals surface area contributed by atoms with Gasteiger partial charge in [0.05, 0.1) is 0 Å². The first-order chi connectivity index (χ1) is 16.7. The third-order valence-electron chi connectivity index (χ3n) is 5.53. The van der Waals surface area contributed by atoms with Crippen LogP contribution >= 0.6 is 27.4 Å². The minimum absolute atomic E-state index is 0.500. The van der Waals surface area contributed by atoms with Gasteiger partial charge in [-0.05, 0) is 48.7 Å². The van der Waals surface area contributed by atoms with Crippen LogP contribution in [0.1, 0.15) is 0 Å². The topological polar surface area (TPSA) is 22.0 Å². The number of hydrogen-bond donors (Lipinski definition) is 0. The van der Waals surface area contributed by atoms with Crippen LogP contribution in [0, 0.1) is 0 Å². The second-order valence-electron chi connectivity index (χ2n) is 7.70. The van der Waals surface area contributed by atoms with E-state index in [2.05, 4.69) is 97.1 Å². The Kier molecular flexibility index (Phi) is 7.02. The maximum absolute atomic E-state index is 12.3. The molecule has 0 saturated carbocycles. The second kappa shape index (κ2) is 10.5. The molecule has 2 nitrogen and oxygen atoms in total. The highest BCUT2D eigenvalue weighted by Gasteiger charge is 2.28. The van der Waals surface area contributed by atoms with Crippen LogP contribution in [-0.4, -0.2) is 9.93 Å². The molecular weight excluding hydrogens is 476 g/mol. The smallest absolute Gasteiger partial charge is 0.280 e. The van der Waals surface area contributed by atoms with E-state index in [1.54, 1.807) is 0 Å². The van der Waals surface area contributed by atoms with Crippen molar-refractivity contribution in [3.05, 3.63) is 134 Å². The average molecular weight is 498 g/mol. The number of rotatable bonds is 6. The largest absolute Gasteiger partial charge is 0.324 e. The highest BCUT2D eigenvalue weighted by atomic mass is 35.5. The summed E-state index contributed by atoms with van der Waals surface area (Å²) in [5, 5.41) is 6.75. The van der Waals surface area contributed by atoms with Crippen LogP contribution in [-0.2, 0) is 0 Å². The zero-order chi connectivity index (χ0) is 23.3. The number of halogens is 1. The van der Waals surface area contributed by atoms with Gasteiger partial charge in [-0.3, -0.25) is 9.36 Å². The van der Waals surface area contributed by atoms with Crippen molar-refractivity contribution >= 4 is 64.6 Å². The first-order valence-electron chi connectivity index (χ1n) is 10.9. The normalized spacial score (nSPS) is 11.1. The van der Waals surface area contributed by atoms with Gasteiger partial charge in [0.2, 0.25) is 0 Å². The average Bonchev–Trinajstić information content (AvgIpc) is 3.32. The summed E-state index contributed by atoms with van der Waals surface area (Å²) in [6, 6.07) is 42.2. The van der Waals surface area contributed by atoms with E-state index >= 15 is 0 Å². The van der Waals surface area contributed by atoms with Crippen molar-refractivity contribution in [3.63, 3.8) is 0 Å². The van der Waals surface area contributed by atoms with E-state index in [9.17, 15) is 4.79 Å². The molecule has 0 aliphatic rings. The number of hydrogen-bond acceptors (Lipinski definition) is 1. The van der Waals surface area contributed by atoms with Gasteiger partial charge < -0.3 is 0 Å². The lowest BCUT2D eigenvalue weighted by atomic mass is 10.4. The molecule has 0 aliphatic heterocycles. The van der Waals surface area contributed by atoms with Gasteiger partial charge in [0.1, 0.15) is 0 Å². The van der Waals surface area contributed by atoms with Gasteiger partial charge >= 0.3 is 5.37 Å². The zero-order valence-electron chi connectivity index (χ0n) is 18.3. The van der Waals surface area contributed by atoms with Gasteiger partial charge in [0.15, 0.2) is 0 Å². The maximum atomic E-state index is 12.3. The molecule has 0 unspecified atom stereocenters. The van der Waals surface area contributed by atoms with Crippen LogP contribution in [0.4, 0.5) is 4.79 Å². The van der Waals surface area contributed by atoms with Crippen molar-refractivity contribution in [1.82, 2.24) is 4.57 Å². The molecule has 1 aromatic heterocycles. The van der Waals surface area contributed by atoms with Gasteiger partial charge in [0, 0.05) is 23.0 Å². The summed E-state index contributed by atoms with van der Waals surface area (Å²) in [7, 11) is -1.80. The highest BCUT2D eigenvalue weighted by Crippen LogP contribution is 2.39. The summed E-state index contributed by atoms with van der Waals surface area (Å²) in [4.78, 5) is 12.3. The van der Waals surface area contributed by atoms with Gasteiger partial charge in [-0.15, -0.1) is 0 Å². The minimum Gasteiger partial charge on any atom is -0.280 e. The van der Waals surface area contributed by atoms with Crippen LogP contribution in [0.3, 0.4) is 0 Å². The van der Waals surface area contributed by atoms with E-state index in [0.717, 1.165) is 10.6 Å². The summed E-state index contributed by atoms with van der Waals surface area (Å²) in [5.41, 5.74) is 0. The molecule has 0 spiro atoms. The maximum Gasteiger partial charge on any atom is 0.324 e. The van der Waals surface area contributed by atoms with Crippen molar-refractivity contribution in [3.8, 4) is 0 Å². The van der Waals surface area contributed by atoms with Gasteiger partial charge in [-0.2, -0.15) is 0 Å². The predicted octanol–water partition coefficient (Wildman–Crippen LogP) is 5.21. The Bertz CT molecular complexity index is 1190. The molecule has 5 aromatic rings. The summed E-state index contributed by atoms with van der Waals surface area (Å²) >= 11 is 6.02. The number of carbonyl (C=O) groups excluding carboxylic acids is 1. The van der Waals surface area contributed by atoms with Crippen LogP contribution in [0.2, 0.25) is 0 Å². The molecule has 5 heteroatoms. The lowest BCUT2D eigenvalue weighted by Gasteiger charge is -2.24. The number of benzene rings is 4. The Balaban J connectivity index is 1.79. The minimum atomic E-state index is -0.899. The molecule has 0 radical (unpaired) electrons. The number of aromatic nitrogens is 1. The van der Waals surface area contributed by atoms with E-state index < -0.39 is 21.2 Å². The monoisotopic (exact) mass is 497 g/mol. The van der Waals surface area contributed by atoms with Crippen molar-refractivity contribution < 1.29 is 4.79 Å². The standard InChI is InChI=1S/C29H22ClNOP2/c30-29(32)31-21-27(33(23-13-5-1-6-14-23)24-15-7-2-8-16-24)28(22-31)34(25-17-9-3-10-18-25)26-19-11-4-12-20-26/h1-22H. The Morgan fingerprint density at radius 3 is 1.00 bits per heavy atom. The first kappa shape index (κ1) is 22.8. The van der Waals surface area contributed by atoms with E-state index in [0.29, 0.717) is 0 Å². The molecule has 4 aromatic carbocycles. The SMILES string of the molecule is O=C(Cl)n1cc(P(c2ccccc2)c2ccccc2)c(P(c2ccccc2)c2ccccc2)c1. The molecular formula is C29H22ClNOP2. The number of carbonyl (C=O) groups is 1. The molecule has 1 heterocycles. The molecule has 166 valence electrons. The van der Waals surface area contributed by atoms with Crippen molar-refractivity contribution in [1.29, 1.82) is 0 Å². The quantitative estimate of drug-likeness (QED) is 0.233. The van der Waals surface area contributed by atoms with Crippen molar-refractivity contribution in [2.24, 2.45) is 0 Å². The molecule has 0 aliphatic carbocycles. The zero-order valence-corrected chi connectivity index (χ0v) is 20.9. The van der Waals surface area contributed by atoms with E-state index in [1.165, 1.54) is 25.8 Å². The van der Waals surface area contributed by atoms with Crippen LogP contribution in [0.5, 0.6) is 0 Å². The Labute approximate surface area is 207 Å². The van der Waals surface area contributed by atoms with E-state index in [-0.39, 0.29) is 0 Å². The fourth-order valence-corrected chi connectivity index (χ4v) is 9.38. The van der Waals surface area contributed by atoms with E-state index in [4.69, 9.17) is 11.6 Å². The predicted molar refractivity (Wildman–Crippen MR) is 148 cm³/mol. The fourth-order valence-electron chi connectivity index (χ4n) is 4.04. The third-order valence-corrected chi connectivity index (χ3v) is 10.8. The van der Waals surface area contributed by atoms with Crippen LogP contribution in [0.25, 0.3) is 0 Å². The van der Waals surface area contributed by atoms with Gasteiger partial charge in [-0.25, -0.2) is 0 Å². The summed E-state index contributed by atoms with van der Waals surface area (Å²) in [6.45, 7) is 0. The van der Waals surface area contributed by atoms with Crippen LogP contribution in [0.15, 0.2) is 134 Å². The first-order valence-corrected chi connectivity index (χ1v) is 14.0. The summed E-state index contributed by atoms with van der Waals surface area (Å²) in [6.07, 6.45) is 3.88. The van der Waals surface area contributed by atoms with Gasteiger partial charge in [-0.1, -0.05) is 121 Å². The summed E-state index contributed by atoms with van der Waals surface area (Å²) in [5.74, 6) is 0. The molecule has 0 N–H and O–H groups in total. The molecule has 0 fully saturated rings. The summed E-state index contributed by atoms with van der Waals surface area (Å²) < 4.78 is 1.54. The lowest BCUT2D eigenvalue weighted by molar-refractivity contribution is 0.261. The van der Waals surface area contributed by atoms with E-state index in [1.807, 2.05) is 36.7 Å². The molecule has 0 atom stereocenters. The second-order valence-corrected chi connectivity index (χ2v) is 12.4. The van der Waals surface area contributed by atoms with Crippen LogP contribution < -0.4 is 31.8 Å².